The van der Waals surface area contributed by atoms with E-state index in [0.29, 0.717) is 25.1 Å². The van der Waals surface area contributed by atoms with E-state index in [4.69, 9.17) is 10.8 Å². The zero-order valence-corrected chi connectivity index (χ0v) is 11.9. The molecule has 1 heterocycles. The van der Waals surface area contributed by atoms with Crippen molar-refractivity contribution in [3.63, 3.8) is 0 Å². The van der Waals surface area contributed by atoms with Gasteiger partial charge in [0.1, 0.15) is 5.69 Å². The smallest absolute Gasteiger partial charge is 0.249 e. The summed E-state index contributed by atoms with van der Waals surface area (Å²) in [5, 5.41) is 20.0. The van der Waals surface area contributed by atoms with Gasteiger partial charge in [-0.3, -0.25) is 9.48 Å². The van der Waals surface area contributed by atoms with Crippen molar-refractivity contribution in [2.75, 3.05) is 11.9 Å². The third kappa shape index (κ3) is 3.79. The highest BCUT2D eigenvalue weighted by Crippen LogP contribution is 2.19. The Balaban J connectivity index is 2.01. The maximum atomic E-state index is 11.3. The van der Waals surface area contributed by atoms with Crippen LogP contribution >= 0.6 is 0 Å². The number of primary amides is 1. The number of anilines is 1. The molecule has 4 N–H and O–H groups in total. The monoisotopic (exact) mass is 289 g/mol. The Kier molecular flexibility index (Phi) is 4.89. The summed E-state index contributed by atoms with van der Waals surface area (Å²) in [6.07, 6.45) is 2.48. The van der Waals surface area contributed by atoms with Crippen molar-refractivity contribution in [2.45, 2.75) is 26.4 Å². The first-order valence-corrected chi connectivity index (χ1v) is 6.75. The molecule has 0 radical (unpaired) electrons. The van der Waals surface area contributed by atoms with Crippen LogP contribution in [0.5, 0.6) is 0 Å². The average Bonchev–Trinajstić information content (AvgIpc) is 2.91. The predicted molar refractivity (Wildman–Crippen MR) is 78.7 cm³/mol. The summed E-state index contributed by atoms with van der Waals surface area (Å²) in [6.45, 7) is 3.12. The van der Waals surface area contributed by atoms with Gasteiger partial charge in [0.05, 0.1) is 12.7 Å². The van der Waals surface area contributed by atoms with Gasteiger partial charge in [0, 0.05) is 24.4 Å². The molecular formula is C14H19N5O2. The normalized spacial score (nSPS) is 10.6. The van der Waals surface area contributed by atoms with Crippen molar-refractivity contribution < 1.29 is 9.90 Å². The van der Waals surface area contributed by atoms with Crippen molar-refractivity contribution in [3.05, 3.63) is 41.2 Å². The van der Waals surface area contributed by atoms with Gasteiger partial charge in [-0.1, -0.05) is 11.3 Å². The molecule has 1 aromatic heterocycles. The Bertz CT molecular complexity index is 624. The van der Waals surface area contributed by atoms with Gasteiger partial charge in [-0.15, -0.1) is 5.10 Å². The molecular weight excluding hydrogens is 270 g/mol. The molecule has 0 aliphatic rings. The number of nitrogens with zero attached hydrogens (tertiary/aromatic N) is 3. The number of benzene rings is 1. The first kappa shape index (κ1) is 15.0. The van der Waals surface area contributed by atoms with Crippen molar-refractivity contribution in [1.82, 2.24) is 15.0 Å². The lowest BCUT2D eigenvalue weighted by Crippen LogP contribution is -2.14. The Morgan fingerprint density at radius 3 is 3.00 bits per heavy atom. The standard InChI is InChI=1S/C14H19N5O2/c1-10-12(14(15)21)4-2-5-13(10)16-8-11-9-19(18-17-11)6-3-7-20/h2,4-5,9,16,20H,3,6-8H2,1H3,(H2,15,21). The molecule has 21 heavy (non-hydrogen) atoms. The summed E-state index contributed by atoms with van der Waals surface area (Å²) in [5.41, 5.74) is 8.28. The summed E-state index contributed by atoms with van der Waals surface area (Å²) >= 11 is 0. The van der Waals surface area contributed by atoms with Gasteiger partial charge in [0.2, 0.25) is 5.91 Å². The quantitative estimate of drug-likeness (QED) is 0.695. The van der Waals surface area contributed by atoms with E-state index in [9.17, 15) is 4.79 Å². The molecule has 0 saturated heterocycles. The molecule has 0 aliphatic heterocycles. The molecule has 0 aliphatic carbocycles. The highest BCUT2D eigenvalue weighted by molar-refractivity contribution is 5.95. The van der Waals surface area contributed by atoms with E-state index < -0.39 is 5.91 Å². The van der Waals surface area contributed by atoms with Crippen LogP contribution in [0.25, 0.3) is 0 Å². The minimum atomic E-state index is -0.439. The summed E-state index contributed by atoms with van der Waals surface area (Å²) < 4.78 is 1.69. The van der Waals surface area contributed by atoms with Crippen LogP contribution in [0.2, 0.25) is 0 Å². The van der Waals surface area contributed by atoms with Gasteiger partial charge in [-0.05, 0) is 31.0 Å². The Hall–Kier alpha value is -2.41. The fourth-order valence-corrected chi connectivity index (χ4v) is 2.04. The van der Waals surface area contributed by atoms with Crippen LogP contribution in [0.3, 0.4) is 0 Å². The second kappa shape index (κ2) is 6.85. The maximum absolute atomic E-state index is 11.3. The van der Waals surface area contributed by atoms with Crippen LogP contribution in [0.1, 0.15) is 28.0 Å². The summed E-state index contributed by atoms with van der Waals surface area (Å²) in [6, 6.07) is 5.37. The minimum Gasteiger partial charge on any atom is -0.396 e. The third-order valence-electron chi connectivity index (χ3n) is 3.19. The van der Waals surface area contributed by atoms with Crippen LogP contribution in [0.4, 0.5) is 5.69 Å². The topological polar surface area (TPSA) is 106 Å². The third-order valence-corrected chi connectivity index (χ3v) is 3.19. The number of aromatic nitrogens is 3. The molecule has 2 aromatic rings. The molecule has 112 valence electrons. The van der Waals surface area contributed by atoms with E-state index in [0.717, 1.165) is 16.9 Å². The maximum Gasteiger partial charge on any atom is 0.249 e. The summed E-state index contributed by atoms with van der Waals surface area (Å²) in [5.74, 6) is -0.439. The molecule has 7 nitrogen and oxygen atoms in total. The number of aryl methyl sites for hydroxylation is 1. The van der Waals surface area contributed by atoms with E-state index in [1.165, 1.54) is 0 Å². The van der Waals surface area contributed by atoms with Crippen LogP contribution in [0.15, 0.2) is 24.4 Å². The molecule has 7 heteroatoms. The largest absolute Gasteiger partial charge is 0.396 e. The average molecular weight is 289 g/mol. The number of hydrogen-bond donors (Lipinski definition) is 3. The van der Waals surface area contributed by atoms with Gasteiger partial charge in [-0.2, -0.15) is 0 Å². The first-order chi connectivity index (χ1) is 10.1. The lowest BCUT2D eigenvalue weighted by atomic mass is 10.1. The van der Waals surface area contributed by atoms with Gasteiger partial charge < -0.3 is 16.2 Å². The number of carbonyl (C=O) groups is 1. The molecule has 1 aromatic carbocycles. The van der Waals surface area contributed by atoms with E-state index in [-0.39, 0.29) is 6.61 Å². The van der Waals surface area contributed by atoms with Gasteiger partial charge >= 0.3 is 0 Å². The van der Waals surface area contributed by atoms with E-state index in [1.807, 2.05) is 19.2 Å². The van der Waals surface area contributed by atoms with E-state index >= 15 is 0 Å². The molecule has 0 atom stereocenters. The first-order valence-electron chi connectivity index (χ1n) is 6.75. The van der Waals surface area contributed by atoms with Crippen molar-refractivity contribution in [2.24, 2.45) is 5.73 Å². The molecule has 2 rings (SSSR count). The molecule has 0 fully saturated rings. The molecule has 0 spiro atoms. The fourth-order valence-electron chi connectivity index (χ4n) is 2.04. The van der Waals surface area contributed by atoms with Gasteiger partial charge in [-0.25, -0.2) is 0 Å². The number of amides is 1. The number of nitrogens with two attached hydrogens (primary N) is 1. The second-order valence-corrected chi connectivity index (χ2v) is 4.75. The van der Waals surface area contributed by atoms with Gasteiger partial charge in [0.25, 0.3) is 0 Å². The van der Waals surface area contributed by atoms with Crippen LogP contribution in [-0.2, 0) is 13.1 Å². The minimum absolute atomic E-state index is 0.131. The molecule has 0 saturated carbocycles. The number of hydrogen-bond acceptors (Lipinski definition) is 5. The van der Waals surface area contributed by atoms with Gasteiger partial charge in [0.15, 0.2) is 0 Å². The highest BCUT2D eigenvalue weighted by atomic mass is 16.3. The van der Waals surface area contributed by atoms with Crippen molar-refractivity contribution in [1.29, 1.82) is 0 Å². The molecule has 0 unspecified atom stereocenters. The Morgan fingerprint density at radius 1 is 1.48 bits per heavy atom. The lowest BCUT2D eigenvalue weighted by Gasteiger charge is -2.10. The number of carbonyl (C=O) groups excluding carboxylic acids is 1. The van der Waals surface area contributed by atoms with Crippen LogP contribution < -0.4 is 11.1 Å². The van der Waals surface area contributed by atoms with Crippen molar-refractivity contribution in [3.8, 4) is 0 Å². The molecule has 0 bridgehead atoms. The van der Waals surface area contributed by atoms with Crippen molar-refractivity contribution >= 4 is 11.6 Å². The zero-order valence-electron chi connectivity index (χ0n) is 11.9. The number of aliphatic hydroxyl groups is 1. The predicted octanol–water partition coefficient (Wildman–Crippen LogP) is 0.680. The fraction of sp³-hybridized carbons (Fsp3) is 0.357. The van der Waals surface area contributed by atoms with E-state index in [1.54, 1.807) is 16.8 Å². The second-order valence-electron chi connectivity index (χ2n) is 4.75. The molecule has 1 amide bonds. The Morgan fingerprint density at radius 2 is 2.29 bits per heavy atom. The number of rotatable bonds is 7. The van der Waals surface area contributed by atoms with Crippen LogP contribution in [-0.4, -0.2) is 32.6 Å². The summed E-state index contributed by atoms with van der Waals surface area (Å²) in [4.78, 5) is 11.3. The highest BCUT2D eigenvalue weighted by Gasteiger charge is 2.08. The SMILES string of the molecule is Cc1c(NCc2cn(CCCO)nn2)cccc1C(N)=O. The van der Waals surface area contributed by atoms with E-state index in [2.05, 4.69) is 15.6 Å². The zero-order chi connectivity index (χ0) is 15.2. The number of aliphatic hydroxyl groups excluding tert-OH is 1. The lowest BCUT2D eigenvalue weighted by molar-refractivity contribution is 0.1000. The summed E-state index contributed by atoms with van der Waals surface area (Å²) in [7, 11) is 0. The number of nitrogens with one attached hydrogen (secondary N) is 1. The Labute approximate surface area is 122 Å². The van der Waals surface area contributed by atoms with Crippen LogP contribution in [0, 0.1) is 6.92 Å².